The number of nitrogens with two attached hydrogens (primary N) is 1. The van der Waals surface area contributed by atoms with Crippen LogP contribution in [0, 0.1) is 11.6 Å². The van der Waals surface area contributed by atoms with Crippen molar-refractivity contribution in [2.75, 3.05) is 17.2 Å². The van der Waals surface area contributed by atoms with Gasteiger partial charge in [0.05, 0.1) is 12.0 Å². The first-order chi connectivity index (χ1) is 12.1. The van der Waals surface area contributed by atoms with E-state index in [4.69, 9.17) is 5.73 Å². The average molecular weight is 344 g/mol. The fraction of sp³-hybridized carbons (Fsp3) is 0.250. The smallest absolute Gasteiger partial charge is 0.228 e. The van der Waals surface area contributed by atoms with Crippen molar-refractivity contribution < 1.29 is 13.6 Å². The first kappa shape index (κ1) is 15.4. The Morgan fingerprint density at radius 2 is 2.08 bits per heavy atom. The summed E-state index contributed by atoms with van der Waals surface area (Å²) in [5, 5.41) is 0. The number of anilines is 2. The molecule has 0 bridgehead atoms. The molecule has 0 atom stereocenters. The summed E-state index contributed by atoms with van der Waals surface area (Å²) >= 11 is 0. The molecule has 0 spiro atoms. The Morgan fingerprint density at radius 3 is 2.92 bits per heavy atom. The zero-order chi connectivity index (χ0) is 17.6. The zero-order valence-electron chi connectivity index (χ0n) is 13.1. The monoisotopic (exact) mass is 344 g/mol. The lowest BCUT2D eigenvalue weighted by atomic mass is 10.1. The second-order valence-electron chi connectivity index (χ2n) is 5.78. The van der Waals surface area contributed by atoms with E-state index in [1.54, 1.807) is 4.57 Å². The molecule has 1 amide bonds. The number of aryl methyl sites for hydroxylation is 1. The lowest BCUT2D eigenvalue weighted by Crippen LogP contribution is -2.30. The fourth-order valence-corrected chi connectivity index (χ4v) is 3.08. The SMILES string of the molecule is Nc1ncnc2c1ncn2CCC(=O)N1CCc2ccc(F)c(F)c21. The van der Waals surface area contributed by atoms with Gasteiger partial charge in [0.1, 0.15) is 11.8 Å². The Balaban J connectivity index is 1.54. The molecule has 3 heterocycles. The normalized spacial score (nSPS) is 13.4. The zero-order valence-corrected chi connectivity index (χ0v) is 13.1. The minimum absolute atomic E-state index is 0.0482. The summed E-state index contributed by atoms with van der Waals surface area (Å²) in [5.74, 6) is -1.95. The van der Waals surface area contributed by atoms with Crippen molar-refractivity contribution in [2.45, 2.75) is 19.4 Å². The van der Waals surface area contributed by atoms with E-state index < -0.39 is 11.6 Å². The molecule has 0 aliphatic carbocycles. The van der Waals surface area contributed by atoms with Crippen LogP contribution in [0.2, 0.25) is 0 Å². The minimum atomic E-state index is -0.975. The molecule has 0 saturated carbocycles. The van der Waals surface area contributed by atoms with Crippen LogP contribution < -0.4 is 10.6 Å². The van der Waals surface area contributed by atoms with Crippen molar-refractivity contribution >= 4 is 28.6 Å². The van der Waals surface area contributed by atoms with Gasteiger partial charge in [-0.1, -0.05) is 6.07 Å². The van der Waals surface area contributed by atoms with E-state index in [0.717, 1.165) is 6.07 Å². The van der Waals surface area contributed by atoms with Gasteiger partial charge in [0.2, 0.25) is 5.91 Å². The number of hydrogen-bond donors (Lipinski definition) is 1. The summed E-state index contributed by atoms with van der Waals surface area (Å²) in [7, 11) is 0. The molecule has 3 aromatic rings. The van der Waals surface area contributed by atoms with E-state index in [-0.39, 0.29) is 23.8 Å². The molecular weight excluding hydrogens is 330 g/mol. The molecule has 1 aliphatic heterocycles. The molecule has 7 nitrogen and oxygen atoms in total. The molecular formula is C16H14F2N6O. The summed E-state index contributed by atoms with van der Waals surface area (Å²) in [6.45, 7) is 0.642. The molecule has 2 N–H and O–H groups in total. The van der Waals surface area contributed by atoms with E-state index in [1.165, 1.54) is 23.6 Å². The minimum Gasteiger partial charge on any atom is -0.382 e. The molecule has 1 aromatic carbocycles. The van der Waals surface area contributed by atoms with Gasteiger partial charge >= 0.3 is 0 Å². The summed E-state index contributed by atoms with van der Waals surface area (Å²) < 4.78 is 29.2. The highest BCUT2D eigenvalue weighted by Crippen LogP contribution is 2.32. The third kappa shape index (κ3) is 2.48. The highest BCUT2D eigenvalue weighted by molar-refractivity contribution is 5.95. The lowest BCUT2D eigenvalue weighted by molar-refractivity contribution is -0.118. The van der Waals surface area contributed by atoms with Crippen LogP contribution in [0.1, 0.15) is 12.0 Å². The van der Waals surface area contributed by atoms with Crippen LogP contribution in [0.5, 0.6) is 0 Å². The number of hydrogen-bond acceptors (Lipinski definition) is 5. The number of carbonyl (C=O) groups is 1. The first-order valence-electron chi connectivity index (χ1n) is 7.75. The third-order valence-corrected chi connectivity index (χ3v) is 4.32. The maximum atomic E-state index is 14.1. The topological polar surface area (TPSA) is 89.9 Å². The highest BCUT2D eigenvalue weighted by Gasteiger charge is 2.29. The van der Waals surface area contributed by atoms with Gasteiger partial charge in [0.25, 0.3) is 0 Å². The van der Waals surface area contributed by atoms with E-state index in [0.29, 0.717) is 36.2 Å². The lowest BCUT2D eigenvalue weighted by Gasteiger charge is -2.18. The Labute approximate surface area is 141 Å². The van der Waals surface area contributed by atoms with Crippen molar-refractivity contribution in [2.24, 2.45) is 0 Å². The number of aromatic nitrogens is 4. The standard InChI is InChI=1S/C16H14F2N6O/c17-10-2-1-9-3-6-24(14(9)12(10)18)11(25)4-5-23-8-22-13-15(19)20-7-21-16(13)23/h1-2,7-8H,3-6H2,(H2,19,20,21). The molecule has 0 radical (unpaired) electrons. The molecule has 4 rings (SSSR count). The quantitative estimate of drug-likeness (QED) is 0.780. The van der Waals surface area contributed by atoms with Gasteiger partial charge in [0.15, 0.2) is 23.1 Å². The molecule has 9 heteroatoms. The average Bonchev–Trinajstić information content (AvgIpc) is 3.21. The van der Waals surface area contributed by atoms with Crippen molar-refractivity contribution in [3.8, 4) is 0 Å². The number of nitrogens with zero attached hydrogens (tertiary/aromatic N) is 5. The molecule has 25 heavy (non-hydrogen) atoms. The van der Waals surface area contributed by atoms with Crippen LogP contribution in [0.15, 0.2) is 24.8 Å². The second kappa shape index (κ2) is 5.76. The predicted molar refractivity (Wildman–Crippen MR) is 86.8 cm³/mol. The van der Waals surface area contributed by atoms with E-state index in [9.17, 15) is 13.6 Å². The van der Waals surface area contributed by atoms with Gasteiger partial charge in [0, 0.05) is 19.5 Å². The number of imidazole rings is 1. The highest BCUT2D eigenvalue weighted by atomic mass is 19.2. The number of carbonyl (C=O) groups excluding carboxylic acids is 1. The van der Waals surface area contributed by atoms with E-state index in [2.05, 4.69) is 15.0 Å². The van der Waals surface area contributed by atoms with Crippen LogP contribution in [0.25, 0.3) is 11.2 Å². The number of fused-ring (bicyclic) bond motifs is 2. The summed E-state index contributed by atoms with van der Waals surface area (Å²) in [6, 6.07) is 2.61. The first-order valence-corrected chi connectivity index (χ1v) is 7.75. The van der Waals surface area contributed by atoms with Crippen LogP contribution in [0.4, 0.5) is 20.3 Å². The molecule has 0 fully saturated rings. The molecule has 128 valence electrons. The number of nitrogen functional groups attached to an aromatic ring is 1. The van der Waals surface area contributed by atoms with Crippen LogP contribution in [-0.4, -0.2) is 32.0 Å². The van der Waals surface area contributed by atoms with Crippen molar-refractivity contribution in [1.29, 1.82) is 0 Å². The van der Waals surface area contributed by atoms with Gasteiger partial charge < -0.3 is 15.2 Å². The summed E-state index contributed by atoms with van der Waals surface area (Å²) in [4.78, 5) is 25.9. The maximum absolute atomic E-state index is 14.1. The largest absolute Gasteiger partial charge is 0.382 e. The summed E-state index contributed by atoms with van der Waals surface area (Å²) in [6.07, 6.45) is 3.47. The van der Waals surface area contributed by atoms with Crippen molar-refractivity contribution in [3.63, 3.8) is 0 Å². The van der Waals surface area contributed by atoms with E-state index in [1.807, 2.05) is 0 Å². The van der Waals surface area contributed by atoms with Gasteiger partial charge in [-0.15, -0.1) is 0 Å². The number of halogens is 2. The van der Waals surface area contributed by atoms with Gasteiger partial charge in [-0.25, -0.2) is 23.7 Å². The Morgan fingerprint density at radius 1 is 1.24 bits per heavy atom. The van der Waals surface area contributed by atoms with Crippen molar-refractivity contribution in [1.82, 2.24) is 19.5 Å². The van der Waals surface area contributed by atoms with Gasteiger partial charge in [-0.05, 0) is 18.1 Å². The number of amides is 1. The van der Waals surface area contributed by atoms with Crippen molar-refractivity contribution in [3.05, 3.63) is 42.0 Å². The Hall–Kier alpha value is -3.10. The molecule has 0 unspecified atom stereocenters. The van der Waals surface area contributed by atoms with Crippen LogP contribution in [0.3, 0.4) is 0 Å². The summed E-state index contributed by atoms with van der Waals surface area (Å²) in [5.41, 5.74) is 7.41. The second-order valence-corrected chi connectivity index (χ2v) is 5.78. The van der Waals surface area contributed by atoms with Crippen LogP contribution in [-0.2, 0) is 17.8 Å². The van der Waals surface area contributed by atoms with Crippen LogP contribution >= 0.6 is 0 Å². The molecule has 0 saturated heterocycles. The predicted octanol–water partition coefficient (Wildman–Crippen LogP) is 1.67. The molecule has 2 aromatic heterocycles. The maximum Gasteiger partial charge on any atom is 0.228 e. The Bertz CT molecular complexity index is 986. The molecule has 1 aliphatic rings. The van der Waals surface area contributed by atoms with E-state index >= 15 is 0 Å². The van der Waals surface area contributed by atoms with Gasteiger partial charge in [-0.3, -0.25) is 4.79 Å². The van der Waals surface area contributed by atoms with Gasteiger partial charge in [-0.2, -0.15) is 0 Å². The third-order valence-electron chi connectivity index (χ3n) is 4.32. The number of benzene rings is 1. The fourth-order valence-electron chi connectivity index (χ4n) is 3.08. The number of rotatable bonds is 3. The Kier molecular flexibility index (Phi) is 3.56.